The zero-order valence-electron chi connectivity index (χ0n) is 11.5. The van der Waals surface area contributed by atoms with E-state index < -0.39 is 0 Å². The molecule has 1 aliphatic heterocycles. The van der Waals surface area contributed by atoms with Crippen LogP contribution in [0.1, 0.15) is 30.1 Å². The molecule has 4 nitrogen and oxygen atoms in total. The monoisotopic (exact) mass is 339 g/mol. The molecule has 0 atom stereocenters. The first-order valence-corrected chi connectivity index (χ1v) is 7.62. The Bertz CT molecular complexity index is 478. The van der Waals surface area contributed by atoms with E-state index >= 15 is 0 Å². The first kappa shape index (κ1) is 15.0. The first-order chi connectivity index (χ1) is 9.61. The van der Waals surface area contributed by atoms with E-state index in [1.54, 1.807) is 4.90 Å². The number of carbonyl (C=O) groups excluding carboxylic acids is 2. The van der Waals surface area contributed by atoms with Crippen LogP contribution in [0, 0.1) is 5.92 Å². The number of carbonyl (C=O) groups is 2. The van der Waals surface area contributed by atoms with Gasteiger partial charge in [-0.3, -0.25) is 9.59 Å². The molecule has 1 aromatic carbocycles. The van der Waals surface area contributed by atoms with Crippen molar-refractivity contribution in [1.29, 1.82) is 0 Å². The summed E-state index contributed by atoms with van der Waals surface area (Å²) in [5.74, 6) is -0.174. The Morgan fingerprint density at radius 3 is 2.40 bits per heavy atom. The average Bonchev–Trinajstić information content (AvgIpc) is 2.48. The fourth-order valence-corrected chi connectivity index (χ4v) is 2.62. The smallest absolute Gasteiger partial charge is 0.309 e. The highest BCUT2D eigenvalue weighted by atomic mass is 79.9. The number of ether oxygens (including phenoxy) is 1. The molecule has 108 valence electrons. The van der Waals surface area contributed by atoms with E-state index in [2.05, 4.69) is 15.9 Å². The summed E-state index contributed by atoms with van der Waals surface area (Å²) in [6.07, 6.45) is 1.36. The van der Waals surface area contributed by atoms with E-state index in [0.29, 0.717) is 38.1 Å². The van der Waals surface area contributed by atoms with E-state index in [1.165, 1.54) is 0 Å². The summed E-state index contributed by atoms with van der Waals surface area (Å²) in [5, 5.41) is 0. The second kappa shape index (κ2) is 6.88. The standard InChI is InChI=1S/C15H18BrNO3/c1-2-20-15(19)12-7-9-17(10-8-12)14(18)11-3-5-13(16)6-4-11/h3-6,12H,2,7-10H2,1H3. The summed E-state index contributed by atoms with van der Waals surface area (Å²) in [5.41, 5.74) is 0.683. The average molecular weight is 340 g/mol. The van der Waals surface area contributed by atoms with E-state index in [4.69, 9.17) is 4.74 Å². The Labute approximate surface area is 127 Å². The van der Waals surface area contributed by atoms with E-state index in [1.807, 2.05) is 31.2 Å². The van der Waals surface area contributed by atoms with Gasteiger partial charge in [-0.1, -0.05) is 15.9 Å². The molecule has 0 N–H and O–H groups in total. The molecule has 0 bridgehead atoms. The highest BCUT2D eigenvalue weighted by Gasteiger charge is 2.28. The molecule has 0 aliphatic carbocycles. The second-order valence-corrected chi connectivity index (χ2v) is 5.74. The molecule has 1 aliphatic rings. The van der Waals surface area contributed by atoms with Gasteiger partial charge in [0, 0.05) is 23.1 Å². The summed E-state index contributed by atoms with van der Waals surface area (Å²) in [6.45, 7) is 3.44. The minimum Gasteiger partial charge on any atom is -0.466 e. The number of esters is 1. The minimum atomic E-state index is -0.136. The number of nitrogens with zero attached hydrogens (tertiary/aromatic N) is 1. The van der Waals surface area contributed by atoms with Gasteiger partial charge in [0.15, 0.2) is 0 Å². The van der Waals surface area contributed by atoms with Crippen molar-refractivity contribution in [2.75, 3.05) is 19.7 Å². The maximum atomic E-state index is 12.3. The van der Waals surface area contributed by atoms with Crippen molar-refractivity contribution >= 4 is 27.8 Å². The zero-order valence-corrected chi connectivity index (χ0v) is 13.1. The van der Waals surface area contributed by atoms with Gasteiger partial charge in [0.2, 0.25) is 0 Å². The van der Waals surface area contributed by atoms with Crippen LogP contribution in [0.4, 0.5) is 0 Å². The summed E-state index contributed by atoms with van der Waals surface area (Å²) < 4.78 is 5.98. The zero-order chi connectivity index (χ0) is 14.5. The largest absolute Gasteiger partial charge is 0.466 e. The van der Waals surface area contributed by atoms with Gasteiger partial charge in [-0.15, -0.1) is 0 Å². The lowest BCUT2D eigenvalue weighted by Crippen LogP contribution is -2.40. The van der Waals surface area contributed by atoms with Gasteiger partial charge in [-0.25, -0.2) is 0 Å². The Kier molecular flexibility index (Phi) is 5.17. The molecule has 0 aromatic heterocycles. The molecule has 2 rings (SSSR count). The Balaban J connectivity index is 1.92. The highest BCUT2D eigenvalue weighted by Crippen LogP contribution is 2.21. The van der Waals surface area contributed by atoms with Gasteiger partial charge in [-0.2, -0.15) is 0 Å². The molecule has 20 heavy (non-hydrogen) atoms. The maximum Gasteiger partial charge on any atom is 0.309 e. The predicted octanol–water partition coefficient (Wildman–Crippen LogP) is 2.86. The van der Waals surface area contributed by atoms with Crippen molar-refractivity contribution < 1.29 is 14.3 Å². The van der Waals surface area contributed by atoms with Crippen LogP contribution in [-0.4, -0.2) is 36.5 Å². The summed E-state index contributed by atoms with van der Waals surface area (Å²) >= 11 is 3.35. The van der Waals surface area contributed by atoms with E-state index in [9.17, 15) is 9.59 Å². The number of likely N-dealkylation sites (tertiary alicyclic amines) is 1. The van der Waals surface area contributed by atoms with Crippen molar-refractivity contribution in [2.24, 2.45) is 5.92 Å². The lowest BCUT2D eigenvalue weighted by molar-refractivity contribution is -0.149. The third-order valence-corrected chi connectivity index (χ3v) is 4.02. The molecule has 0 saturated carbocycles. The van der Waals surface area contributed by atoms with Gasteiger partial charge >= 0.3 is 5.97 Å². The highest BCUT2D eigenvalue weighted by molar-refractivity contribution is 9.10. The molecular formula is C15H18BrNO3. The van der Waals surface area contributed by atoms with Crippen LogP contribution >= 0.6 is 15.9 Å². The number of hydrogen-bond donors (Lipinski definition) is 0. The molecule has 1 amide bonds. The number of rotatable bonds is 3. The van der Waals surface area contributed by atoms with Crippen LogP contribution in [0.3, 0.4) is 0 Å². The topological polar surface area (TPSA) is 46.6 Å². The number of benzene rings is 1. The summed E-state index contributed by atoms with van der Waals surface area (Å²) in [7, 11) is 0. The number of halogens is 1. The van der Waals surface area contributed by atoms with Crippen molar-refractivity contribution in [1.82, 2.24) is 4.90 Å². The SMILES string of the molecule is CCOC(=O)C1CCN(C(=O)c2ccc(Br)cc2)CC1. The van der Waals surface area contributed by atoms with Crippen molar-refractivity contribution in [3.63, 3.8) is 0 Å². The summed E-state index contributed by atoms with van der Waals surface area (Å²) in [6, 6.07) is 7.34. The fourth-order valence-electron chi connectivity index (χ4n) is 2.35. The number of piperidine rings is 1. The number of amides is 1. The normalized spacial score (nSPS) is 16.0. The van der Waals surface area contributed by atoms with Gasteiger partial charge in [0.25, 0.3) is 5.91 Å². The lowest BCUT2D eigenvalue weighted by Gasteiger charge is -2.31. The molecule has 1 heterocycles. The molecule has 1 aromatic rings. The molecule has 1 saturated heterocycles. The maximum absolute atomic E-state index is 12.3. The Morgan fingerprint density at radius 1 is 1.25 bits per heavy atom. The Morgan fingerprint density at radius 2 is 1.85 bits per heavy atom. The quantitative estimate of drug-likeness (QED) is 0.795. The number of hydrogen-bond acceptors (Lipinski definition) is 3. The molecule has 0 unspecified atom stereocenters. The molecule has 1 fully saturated rings. The van der Waals surface area contributed by atoms with Crippen LogP contribution in [0.5, 0.6) is 0 Å². The Hall–Kier alpha value is -1.36. The van der Waals surface area contributed by atoms with Crippen LogP contribution in [0.15, 0.2) is 28.7 Å². The second-order valence-electron chi connectivity index (χ2n) is 4.83. The van der Waals surface area contributed by atoms with E-state index in [-0.39, 0.29) is 17.8 Å². The van der Waals surface area contributed by atoms with Gasteiger partial charge in [0.1, 0.15) is 0 Å². The molecule has 0 radical (unpaired) electrons. The third kappa shape index (κ3) is 3.60. The van der Waals surface area contributed by atoms with Crippen LogP contribution in [-0.2, 0) is 9.53 Å². The predicted molar refractivity (Wildman–Crippen MR) is 79.4 cm³/mol. The van der Waals surface area contributed by atoms with Crippen LogP contribution in [0.25, 0.3) is 0 Å². The van der Waals surface area contributed by atoms with Gasteiger partial charge in [0.05, 0.1) is 12.5 Å². The van der Waals surface area contributed by atoms with Crippen molar-refractivity contribution in [3.8, 4) is 0 Å². The molecule has 5 heteroatoms. The third-order valence-electron chi connectivity index (χ3n) is 3.49. The summed E-state index contributed by atoms with van der Waals surface area (Å²) in [4.78, 5) is 25.8. The minimum absolute atomic E-state index is 0.0276. The molecule has 0 spiro atoms. The van der Waals surface area contributed by atoms with E-state index in [0.717, 1.165) is 4.47 Å². The van der Waals surface area contributed by atoms with Crippen molar-refractivity contribution in [2.45, 2.75) is 19.8 Å². The van der Waals surface area contributed by atoms with Gasteiger partial charge in [-0.05, 0) is 44.0 Å². The fraction of sp³-hybridized carbons (Fsp3) is 0.467. The first-order valence-electron chi connectivity index (χ1n) is 6.83. The lowest BCUT2D eigenvalue weighted by atomic mass is 9.96. The van der Waals surface area contributed by atoms with Crippen LogP contribution < -0.4 is 0 Å². The van der Waals surface area contributed by atoms with Crippen LogP contribution in [0.2, 0.25) is 0 Å². The van der Waals surface area contributed by atoms with Gasteiger partial charge < -0.3 is 9.64 Å². The molecular weight excluding hydrogens is 322 g/mol. The van der Waals surface area contributed by atoms with Crippen molar-refractivity contribution in [3.05, 3.63) is 34.3 Å².